The number of carbonyl (C=O) groups is 4. The normalized spacial score (nSPS) is 22.1. The lowest BCUT2D eigenvalue weighted by atomic mass is 9.96. The number of aromatic nitrogens is 2. The average molecular weight is 666 g/mol. The molecule has 12 nitrogen and oxygen atoms in total. The molecule has 3 fully saturated rings. The SMILES string of the molecule is O=C1CCC(N2C(=O)c3ccc(N4CCN(CC5CCN(CCOc6ccc(-c7cnc8n7CCC8)cc6)CC5)CC4)cc3C2=O)C(=O)N1. The van der Waals surface area contributed by atoms with Crippen LogP contribution in [0.2, 0.25) is 0 Å². The van der Waals surface area contributed by atoms with Gasteiger partial charge in [0.05, 0.1) is 23.0 Å². The Balaban J connectivity index is 0.761. The van der Waals surface area contributed by atoms with Crippen molar-refractivity contribution in [3.05, 3.63) is 65.6 Å². The fourth-order valence-corrected chi connectivity index (χ4v) is 8.11. The van der Waals surface area contributed by atoms with Gasteiger partial charge in [-0.25, -0.2) is 4.98 Å². The number of piperidine rings is 2. The van der Waals surface area contributed by atoms with Crippen LogP contribution in [-0.2, 0) is 22.6 Å². The van der Waals surface area contributed by atoms with Gasteiger partial charge in [0.15, 0.2) is 0 Å². The third-order valence-electron chi connectivity index (χ3n) is 10.9. The third-order valence-corrected chi connectivity index (χ3v) is 10.9. The summed E-state index contributed by atoms with van der Waals surface area (Å²) in [4.78, 5) is 63.2. The third kappa shape index (κ3) is 6.35. The number of imide groups is 2. The summed E-state index contributed by atoms with van der Waals surface area (Å²) < 4.78 is 8.43. The second-order valence-corrected chi connectivity index (χ2v) is 13.9. The molecule has 0 aliphatic carbocycles. The first kappa shape index (κ1) is 31.7. The lowest BCUT2D eigenvalue weighted by Crippen LogP contribution is -2.54. The number of carbonyl (C=O) groups excluding carboxylic acids is 4. The smallest absolute Gasteiger partial charge is 0.262 e. The summed E-state index contributed by atoms with van der Waals surface area (Å²) in [5, 5.41) is 2.25. The van der Waals surface area contributed by atoms with Gasteiger partial charge >= 0.3 is 0 Å². The number of ether oxygens (including phenoxy) is 1. The molecule has 49 heavy (non-hydrogen) atoms. The zero-order valence-corrected chi connectivity index (χ0v) is 27.8. The van der Waals surface area contributed by atoms with Crippen LogP contribution in [0.4, 0.5) is 5.69 Å². The molecule has 0 spiro atoms. The van der Waals surface area contributed by atoms with E-state index in [0.717, 1.165) is 81.7 Å². The van der Waals surface area contributed by atoms with Crippen molar-refractivity contribution in [1.82, 2.24) is 29.6 Å². The van der Waals surface area contributed by atoms with Gasteiger partial charge in [0.25, 0.3) is 11.8 Å². The second-order valence-electron chi connectivity index (χ2n) is 13.9. The zero-order valence-electron chi connectivity index (χ0n) is 27.8. The van der Waals surface area contributed by atoms with Crippen molar-refractivity contribution in [3.63, 3.8) is 0 Å². The Morgan fingerprint density at radius 1 is 0.796 bits per heavy atom. The van der Waals surface area contributed by atoms with Crippen molar-refractivity contribution in [3.8, 4) is 17.0 Å². The van der Waals surface area contributed by atoms with Crippen LogP contribution >= 0.6 is 0 Å². The zero-order chi connectivity index (χ0) is 33.5. The van der Waals surface area contributed by atoms with Crippen LogP contribution in [-0.4, -0.2) is 113 Å². The molecule has 4 amide bonds. The first-order chi connectivity index (χ1) is 23.9. The molecule has 5 aliphatic heterocycles. The number of likely N-dealkylation sites (tertiary alicyclic amines) is 1. The molecule has 1 unspecified atom stereocenters. The summed E-state index contributed by atoms with van der Waals surface area (Å²) in [6, 6.07) is 12.8. The quantitative estimate of drug-likeness (QED) is 0.344. The maximum atomic E-state index is 13.3. The van der Waals surface area contributed by atoms with Gasteiger partial charge in [0.1, 0.15) is 24.2 Å². The lowest BCUT2D eigenvalue weighted by molar-refractivity contribution is -0.136. The van der Waals surface area contributed by atoms with Gasteiger partial charge < -0.3 is 14.2 Å². The molecule has 1 atom stereocenters. The Hall–Kier alpha value is -4.55. The van der Waals surface area contributed by atoms with Gasteiger partial charge in [-0.1, -0.05) is 0 Å². The molecule has 5 aliphatic rings. The van der Waals surface area contributed by atoms with Crippen molar-refractivity contribution in [2.75, 3.05) is 63.9 Å². The van der Waals surface area contributed by atoms with Gasteiger partial charge in [-0.05, 0) is 87.2 Å². The van der Waals surface area contributed by atoms with Crippen molar-refractivity contribution in [2.24, 2.45) is 5.92 Å². The largest absolute Gasteiger partial charge is 0.492 e. The fourth-order valence-electron chi connectivity index (χ4n) is 8.11. The molecule has 256 valence electrons. The number of imidazole rings is 1. The Bertz CT molecular complexity index is 1750. The monoisotopic (exact) mass is 665 g/mol. The van der Waals surface area contributed by atoms with Crippen LogP contribution in [0.3, 0.4) is 0 Å². The summed E-state index contributed by atoms with van der Waals surface area (Å²) >= 11 is 0. The predicted octanol–water partition coefficient (Wildman–Crippen LogP) is 2.81. The maximum absolute atomic E-state index is 13.3. The molecule has 1 N–H and O–H groups in total. The minimum absolute atomic E-state index is 0.110. The molecule has 1 aromatic heterocycles. The van der Waals surface area contributed by atoms with E-state index in [9.17, 15) is 19.2 Å². The van der Waals surface area contributed by atoms with E-state index in [1.165, 1.54) is 36.3 Å². The standard InChI is InChI=1S/C37H43N7O5/c45-34-10-9-31(35(46)39-34)44-36(47)29-8-5-27(22-30(29)37(44)48)42-18-16-41(17-19-42)24-25-11-14-40(15-12-25)20-21-49-28-6-3-26(4-7-28)32-23-38-33-2-1-13-43(32)33/h3-8,22-23,25,31H,1-2,9-21,24H2,(H,39,45,46). The molecule has 0 radical (unpaired) electrons. The minimum atomic E-state index is -0.949. The predicted molar refractivity (Wildman–Crippen MR) is 182 cm³/mol. The number of piperazine rings is 1. The summed E-state index contributed by atoms with van der Waals surface area (Å²) in [5.41, 5.74) is 3.95. The Morgan fingerprint density at radius 2 is 1.57 bits per heavy atom. The number of nitrogens with one attached hydrogen (secondary N) is 1. The van der Waals surface area contributed by atoms with E-state index < -0.39 is 23.8 Å². The van der Waals surface area contributed by atoms with E-state index in [4.69, 9.17) is 4.74 Å². The number of anilines is 1. The molecule has 0 bridgehead atoms. The highest BCUT2D eigenvalue weighted by molar-refractivity contribution is 6.23. The van der Waals surface area contributed by atoms with Gasteiger partial charge in [-0.3, -0.25) is 39.2 Å². The summed E-state index contributed by atoms with van der Waals surface area (Å²) in [6.45, 7) is 9.55. The summed E-state index contributed by atoms with van der Waals surface area (Å²) in [6.07, 6.45) is 6.88. The van der Waals surface area contributed by atoms with E-state index in [-0.39, 0.29) is 18.7 Å². The Kier molecular flexibility index (Phi) is 8.67. The van der Waals surface area contributed by atoms with E-state index in [1.54, 1.807) is 12.1 Å². The number of amides is 4. The van der Waals surface area contributed by atoms with Crippen LogP contribution in [0.1, 0.15) is 58.6 Å². The Morgan fingerprint density at radius 3 is 2.35 bits per heavy atom. The first-order valence-electron chi connectivity index (χ1n) is 17.7. The van der Waals surface area contributed by atoms with Crippen LogP contribution in [0, 0.1) is 5.92 Å². The number of nitrogens with zero attached hydrogens (tertiary/aromatic N) is 6. The van der Waals surface area contributed by atoms with E-state index in [2.05, 4.69) is 53.8 Å². The van der Waals surface area contributed by atoms with Gasteiger partial charge in [0.2, 0.25) is 11.8 Å². The lowest BCUT2D eigenvalue weighted by Gasteiger charge is -2.39. The van der Waals surface area contributed by atoms with Crippen LogP contribution in [0.5, 0.6) is 5.75 Å². The van der Waals surface area contributed by atoms with E-state index in [0.29, 0.717) is 23.7 Å². The van der Waals surface area contributed by atoms with Crippen molar-refractivity contribution < 1.29 is 23.9 Å². The highest BCUT2D eigenvalue weighted by Crippen LogP contribution is 2.32. The van der Waals surface area contributed by atoms with Crippen molar-refractivity contribution in [2.45, 2.75) is 51.1 Å². The number of aryl methyl sites for hydroxylation is 1. The topological polar surface area (TPSA) is 120 Å². The number of benzene rings is 2. The Labute approximate surface area is 286 Å². The van der Waals surface area contributed by atoms with Crippen LogP contribution in [0.15, 0.2) is 48.7 Å². The number of fused-ring (bicyclic) bond motifs is 2. The van der Waals surface area contributed by atoms with Gasteiger partial charge in [-0.2, -0.15) is 0 Å². The second kappa shape index (κ2) is 13.4. The van der Waals surface area contributed by atoms with E-state index >= 15 is 0 Å². The number of hydrogen-bond acceptors (Lipinski definition) is 9. The molecule has 3 saturated heterocycles. The molecule has 12 heteroatoms. The number of rotatable bonds is 9. The van der Waals surface area contributed by atoms with Crippen molar-refractivity contribution >= 4 is 29.3 Å². The highest BCUT2D eigenvalue weighted by Gasteiger charge is 2.44. The maximum Gasteiger partial charge on any atom is 0.262 e. The summed E-state index contributed by atoms with van der Waals surface area (Å²) in [5.74, 6) is 0.887. The molecule has 8 rings (SSSR count). The first-order valence-corrected chi connectivity index (χ1v) is 17.7. The fraction of sp³-hybridized carbons (Fsp3) is 0.486. The molecule has 2 aromatic carbocycles. The van der Waals surface area contributed by atoms with E-state index in [1.807, 2.05) is 12.3 Å². The van der Waals surface area contributed by atoms with Crippen LogP contribution in [0.25, 0.3) is 11.3 Å². The highest BCUT2D eigenvalue weighted by atomic mass is 16.5. The minimum Gasteiger partial charge on any atom is -0.492 e. The molecule has 6 heterocycles. The summed E-state index contributed by atoms with van der Waals surface area (Å²) in [7, 11) is 0. The average Bonchev–Trinajstić information content (AvgIpc) is 3.81. The molecular formula is C37H43N7O5. The van der Waals surface area contributed by atoms with Crippen molar-refractivity contribution in [1.29, 1.82) is 0 Å². The van der Waals surface area contributed by atoms with Gasteiger partial charge in [-0.15, -0.1) is 0 Å². The van der Waals surface area contributed by atoms with Gasteiger partial charge in [0, 0.05) is 69.9 Å². The molecular weight excluding hydrogens is 622 g/mol. The number of hydrogen-bond donors (Lipinski definition) is 1. The van der Waals surface area contributed by atoms with Crippen LogP contribution < -0.4 is 15.0 Å². The molecule has 3 aromatic rings. The molecule has 0 saturated carbocycles.